The van der Waals surface area contributed by atoms with Crippen LogP contribution in [0.4, 0.5) is 5.69 Å². The molecule has 0 radical (unpaired) electrons. The van der Waals surface area contributed by atoms with Gasteiger partial charge >= 0.3 is 0 Å². The van der Waals surface area contributed by atoms with E-state index in [0.717, 1.165) is 5.69 Å². The largest absolute Gasteiger partial charge is 0.398 e. The summed E-state index contributed by atoms with van der Waals surface area (Å²) in [6.45, 7) is 6.12. The van der Waals surface area contributed by atoms with Gasteiger partial charge in [0.2, 0.25) is 0 Å². The minimum atomic E-state index is -3.53. The minimum Gasteiger partial charge on any atom is -0.398 e. The van der Waals surface area contributed by atoms with Crippen molar-refractivity contribution in [3.8, 4) is 0 Å². The Balaban J connectivity index is 2.31. The second kappa shape index (κ2) is 5.59. The highest BCUT2D eigenvalue weighted by atomic mass is 35.5. The van der Waals surface area contributed by atoms with Crippen LogP contribution in [-0.4, -0.2) is 13.4 Å². The Morgan fingerprint density at radius 3 is 2.52 bits per heavy atom. The van der Waals surface area contributed by atoms with Gasteiger partial charge in [-0.25, -0.2) is 13.4 Å². The van der Waals surface area contributed by atoms with Gasteiger partial charge in [-0.3, -0.25) is 0 Å². The third-order valence-corrected chi connectivity index (χ3v) is 5.90. The molecule has 21 heavy (non-hydrogen) atoms. The Kier molecular flexibility index (Phi) is 4.33. The van der Waals surface area contributed by atoms with E-state index >= 15 is 0 Å². The summed E-state index contributed by atoms with van der Waals surface area (Å²) in [6, 6.07) is 4.40. The van der Waals surface area contributed by atoms with Crippen LogP contribution >= 0.6 is 22.9 Å². The van der Waals surface area contributed by atoms with Crippen molar-refractivity contribution in [1.82, 2.24) is 4.98 Å². The highest BCUT2D eigenvalue weighted by molar-refractivity contribution is 7.91. The number of aromatic nitrogens is 1. The van der Waals surface area contributed by atoms with Crippen LogP contribution in [0.15, 0.2) is 28.5 Å². The lowest BCUT2D eigenvalue weighted by atomic mass is 9.93. The monoisotopic (exact) mass is 344 g/mol. The molecule has 1 heterocycles. The van der Waals surface area contributed by atoms with Gasteiger partial charge in [0.15, 0.2) is 9.84 Å². The fourth-order valence-corrected chi connectivity index (χ4v) is 4.73. The summed E-state index contributed by atoms with van der Waals surface area (Å²) in [6.07, 6.45) is 0. The average molecular weight is 345 g/mol. The number of hydrogen-bond donors (Lipinski definition) is 1. The van der Waals surface area contributed by atoms with Crippen LogP contribution in [0.1, 0.15) is 31.5 Å². The summed E-state index contributed by atoms with van der Waals surface area (Å²) in [5.41, 5.74) is 6.71. The van der Waals surface area contributed by atoms with Crippen molar-refractivity contribution in [2.45, 2.75) is 36.8 Å². The summed E-state index contributed by atoms with van der Waals surface area (Å²) in [5, 5.41) is 2.88. The van der Waals surface area contributed by atoms with Crippen molar-refractivity contribution in [3.63, 3.8) is 0 Å². The molecule has 0 spiro atoms. The molecule has 0 saturated carbocycles. The van der Waals surface area contributed by atoms with Gasteiger partial charge in [-0.05, 0) is 18.2 Å². The van der Waals surface area contributed by atoms with Crippen LogP contribution in [0, 0.1) is 0 Å². The number of halogens is 1. The van der Waals surface area contributed by atoms with Crippen LogP contribution in [0.5, 0.6) is 0 Å². The van der Waals surface area contributed by atoms with E-state index < -0.39 is 9.84 Å². The lowest BCUT2D eigenvalue weighted by Crippen LogP contribution is -2.12. The quantitative estimate of drug-likeness (QED) is 0.862. The molecule has 2 aromatic rings. The van der Waals surface area contributed by atoms with Gasteiger partial charge in [-0.15, -0.1) is 11.3 Å². The second-order valence-corrected chi connectivity index (χ2v) is 9.15. The first-order valence-corrected chi connectivity index (χ1v) is 9.23. The van der Waals surface area contributed by atoms with Crippen molar-refractivity contribution in [3.05, 3.63) is 39.3 Å². The number of benzene rings is 1. The molecule has 0 saturated heterocycles. The SMILES string of the molecule is CC(C)(C)c1csc(CS(=O)(=O)c2ccc(Cl)cc2N)n1. The molecular weight excluding hydrogens is 328 g/mol. The number of nitrogens with two attached hydrogens (primary N) is 1. The molecule has 0 unspecified atom stereocenters. The third-order valence-electron chi connectivity index (χ3n) is 2.94. The molecule has 114 valence electrons. The smallest absolute Gasteiger partial charge is 0.186 e. The van der Waals surface area contributed by atoms with E-state index in [-0.39, 0.29) is 21.8 Å². The van der Waals surface area contributed by atoms with E-state index in [2.05, 4.69) is 4.98 Å². The Morgan fingerprint density at radius 2 is 2.00 bits per heavy atom. The zero-order valence-corrected chi connectivity index (χ0v) is 14.4. The predicted octanol–water partition coefficient (Wildman–Crippen LogP) is 3.65. The number of sulfone groups is 1. The van der Waals surface area contributed by atoms with Crippen LogP contribution in [0.2, 0.25) is 5.02 Å². The normalized spacial score (nSPS) is 12.6. The lowest BCUT2D eigenvalue weighted by Gasteiger charge is -2.14. The molecule has 4 nitrogen and oxygen atoms in total. The molecule has 0 amide bonds. The number of hydrogen-bond acceptors (Lipinski definition) is 5. The molecule has 7 heteroatoms. The first-order valence-electron chi connectivity index (χ1n) is 6.32. The van der Waals surface area contributed by atoms with E-state index in [0.29, 0.717) is 10.0 Å². The molecule has 2 N–H and O–H groups in total. The highest BCUT2D eigenvalue weighted by Crippen LogP contribution is 2.28. The van der Waals surface area contributed by atoms with E-state index in [1.165, 1.54) is 29.5 Å². The molecule has 1 aromatic carbocycles. The average Bonchev–Trinajstić information content (AvgIpc) is 2.75. The Morgan fingerprint density at radius 1 is 1.33 bits per heavy atom. The molecule has 0 aliphatic rings. The standard InChI is InChI=1S/C14H17ClN2O2S2/c1-14(2,3)12-7-20-13(17-12)8-21(18,19)11-5-4-9(15)6-10(11)16/h4-7H,8,16H2,1-3H3. The van der Waals surface area contributed by atoms with E-state index in [1.807, 2.05) is 26.2 Å². The zero-order chi connectivity index (χ0) is 15.8. The fourth-order valence-electron chi connectivity index (χ4n) is 1.76. The molecule has 0 fully saturated rings. The van der Waals surface area contributed by atoms with Crippen molar-refractivity contribution >= 4 is 38.5 Å². The second-order valence-electron chi connectivity index (χ2n) is 5.82. The highest BCUT2D eigenvalue weighted by Gasteiger charge is 2.23. The van der Waals surface area contributed by atoms with Crippen molar-refractivity contribution in [2.75, 3.05) is 5.73 Å². The number of anilines is 1. The zero-order valence-electron chi connectivity index (χ0n) is 12.1. The molecule has 0 bridgehead atoms. The summed E-state index contributed by atoms with van der Waals surface area (Å²) in [5.74, 6) is -0.153. The number of rotatable bonds is 3. The lowest BCUT2D eigenvalue weighted by molar-refractivity contribution is 0.570. The summed E-state index contributed by atoms with van der Waals surface area (Å²) in [7, 11) is -3.53. The molecule has 0 aliphatic carbocycles. The maximum Gasteiger partial charge on any atom is 0.186 e. The molecule has 0 atom stereocenters. The van der Waals surface area contributed by atoms with Crippen LogP contribution < -0.4 is 5.73 Å². The van der Waals surface area contributed by atoms with Gasteiger partial charge < -0.3 is 5.73 Å². The van der Waals surface area contributed by atoms with E-state index in [9.17, 15) is 8.42 Å². The number of nitrogens with zero attached hydrogens (tertiary/aromatic N) is 1. The molecule has 0 aliphatic heterocycles. The number of nitrogen functional groups attached to an aromatic ring is 1. The van der Waals surface area contributed by atoms with Crippen molar-refractivity contribution in [2.24, 2.45) is 0 Å². The Hall–Kier alpha value is -1.11. The van der Waals surface area contributed by atoms with Gasteiger partial charge in [0.1, 0.15) is 10.8 Å². The first-order chi connectivity index (χ1) is 9.59. The van der Waals surface area contributed by atoms with Gasteiger partial charge in [-0.1, -0.05) is 32.4 Å². The topological polar surface area (TPSA) is 73.0 Å². The third kappa shape index (κ3) is 3.75. The van der Waals surface area contributed by atoms with Crippen LogP contribution in [0.3, 0.4) is 0 Å². The van der Waals surface area contributed by atoms with E-state index in [4.69, 9.17) is 17.3 Å². The van der Waals surface area contributed by atoms with Crippen molar-refractivity contribution in [1.29, 1.82) is 0 Å². The Labute approximate surface area is 133 Å². The van der Waals surface area contributed by atoms with Gasteiger partial charge in [0.25, 0.3) is 0 Å². The molecule has 1 aromatic heterocycles. The van der Waals surface area contributed by atoms with Crippen molar-refractivity contribution < 1.29 is 8.42 Å². The fraction of sp³-hybridized carbons (Fsp3) is 0.357. The van der Waals surface area contributed by atoms with Gasteiger partial charge in [-0.2, -0.15) is 0 Å². The number of thiazole rings is 1. The first kappa shape index (κ1) is 16.3. The molecule has 2 rings (SSSR count). The molecular formula is C14H17ClN2O2S2. The van der Waals surface area contributed by atoms with E-state index in [1.54, 1.807) is 0 Å². The maximum atomic E-state index is 12.4. The van der Waals surface area contributed by atoms with Crippen LogP contribution in [-0.2, 0) is 21.0 Å². The van der Waals surface area contributed by atoms with Gasteiger partial charge in [0.05, 0.1) is 16.3 Å². The summed E-state index contributed by atoms with van der Waals surface area (Å²) >= 11 is 7.15. The van der Waals surface area contributed by atoms with Crippen LogP contribution in [0.25, 0.3) is 0 Å². The predicted molar refractivity (Wildman–Crippen MR) is 87.6 cm³/mol. The Bertz CT molecular complexity index is 762. The summed E-state index contributed by atoms with van der Waals surface area (Å²) < 4.78 is 24.9. The van der Waals surface area contributed by atoms with Gasteiger partial charge in [0, 0.05) is 15.8 Å². The maximum absolute atomic E-state index is 12.4. The summed E-state index contributed by atoms with van der Waals surface area (Å²) in [4.78, 5) is 4.51. The minimum absolute atomic E-state index is 0.0967.